The fourth-order valence-corrected chi connectivity index (χ4v) is 4.55. The number of nitrogens with zero attached hydrogens (tertiary/aromatic N) is 2. The Labute approximate surface area is 168 Å². The summed E-state index contributed by atoms with van der Waals surface area (Å²) in [4.78, 5) is 16.3. The third-order valence-electron chi connectivity index (χ3n) is 5.37. The lowest BCUT2D eigenvalue weighted by molar-refractivity contribution is -0.117. The zero-order chi connectivity index (χ0) is 19.2. The molecule has 0 spiro atoms. The number of anilines is 2. The van der Waals surface area contributed by atoms with Gasteiger partial charge < -0.3 is 20.4 Å². The topological polar surface area (TPSA) is 47.6 Å². The zero-order valence-electron chi connectivity index (χ0n) is 16.5. The van der Waals surface area contributed by atoms with Crippen molar-refractivity contribution < 1.29 is 4.79 Å². The van der Waals surface area contributed by atoms with Crippen LogP contribution < -0.4 is 15.5 Å². The second-order valence-corrected chi connectivity index (χ2v) is 8.55. The summed E-state index contributed by atoms with van der Waals surface area (Å²) < 4.78 is 0. The minimum Gasteiger partial charge on any atom is -0.362 e. The van der Waals surface area contributed by atoms with Crippen molar-refractivity contribution in [3.05, 3.63) is 24.3 Å². The number of amides is 1. The minimum absolute atomic E-state index is 0.203. The molecule has 2 aliphatic rings. The molecule has 0 bridgehead atoms. The largest absolute Gasteiger partial charge is 0.362 e. The van der Waals surface area contributed by atoms with E-state index in [2.05, 4.69) is 29.4 Å². The van der Waals surface area contributed by atoms with Crippen molar-refractivity contribution in [3.8, 4) is 0 Å². The van der Waals surface area contributed by atoms with Crippen LogP contribution in [0.15, 0.2) is 24.3 Å². The molecule has 148 valence electrons. The van der Waals surface area contributed by atoms with Gasteiger partial charge in [-0.15, -0.1) is 0 Å². The van der Waals surface area contributed by atoms with Crippen molar-refractivity contribution in [3.63, 3.8) is 0 Å². The predicted octanol–water partition coefficient (Wildman–Crippen LogP) is 3.47. The van der Waals surface area contributed by atoms with E-state index in [9.17, 15) is 4.79 Å². The second kappa shape index (κ2) is 9.51. The number of nitrogens with one attached hydrogen (secondary N) is 2. The van der Waals surface area contributed by atoms with Crippen molar-refractivity contribution in [2.24, 2.45) is 11.8 Å². The van der Waals surface area contributed by atoms with Crippen LogP contribution in [0.5, 0.6) is 0 Å². The number of benzene rings is 1. The highest BCUT2D eigenvalue weighted by Gasteiger charge is 2.22. The lowest BCUT2D eigenvalue weighted by atomic mass is 9.92. The minimum atomic E-state index is 0.203. The van der Waals surface area contributed by atoms with E-state index in [1.807, 2.05) is 29.2 Å². The number of hydrogen-bond donors (Lipinski definition) is 2. The van der Waals surface area contributed by atoms with Gasteiger partial charge >= 0.3 is 0 Å². The van der Waals surface area contributed by atoms with Crippen LogP contribution in [0.3, 0.4) is 0 Å². The molecular weight excluding hydrogens is 356 g/mol. The Morgan fingerprint density at radius 2 is 2.04 bits per heavy atom. The normalized spacial score (nSPS) is 23.5. The number of rotatable bonds is 6. The summed E-state index contributed by atoms with van der Waals surface area (Å²) in [6, 6.07) is 7.91. The molecule has 5 nitrogen and oxygen atoms in total. The van der Waals surface area contributed by atoms with Gasteiger partial charge in [0, 0.05) is 44.0 Å². The van der Waals surface area contributed by atoms with Crippen LogP contribution in [0, 0.1) is 11.8 Å². The molecule has 1 amide bonds. The highest BCUT2D eigenvalue weighted by atomic mass is 32.1. The molecule has 0 unspecified atom stereocenters. The van der Waals surface area contributed by atoms with Crippen LogP contribution in [0.4, 0.5) is 11.4 Å². The molecule has 2 aliphatic heterocycles. The molecule has 1 aromatic rings. The first-order chi connectivity index (χ1) is 13.0. The van der Waals surface area contributed by atoms with Crippen LogP contribution in [0.2, 0.25) is 0 Å². The standard InChI is InChI=1S/C21H32N4OS/c1-16-12-17(2)15-24(14-16)10-5-9-22-21(27)23-18-6-3-7-19(13-18)25-11-4-8-20(25)26/h3,6-7,13,16-17H,4-5,8-12,14-15H2,1-2H3,(H2,22,23,27)/t16-,17-/m1/s1. The van der Waals surface area contributed by atoms with Crippen LogP contribution in [0.1, 0.15) is 39.5 Å². The average Bonchev–Trinajstić information content (AvgIpc) is 3.04. The average molecular weight is 389 g/mol. The van der Waals surface area contributed by atoms with Gasteiger partial charge in [0.25, 0.3) is 0 Å². The molecule has 3 rings (SSSR count). The number of hydrogen-bond acceptors (Lipinski definition) is 3. The quantitative estimate of drug-likeness (QED) is 0.577. The van der Waals surface area contributed by atoms with Crippen LogP contribution >= 0.6 is 12.2 Å². The van der Waals surface area contributed by atoms with Gasteiger partial charge in [-0.1, -0.05) is 19.9 Å². The van der Waals surface area contributed by atoms with Gasteiger partial charge in [-0.05, 0) is 68.1 Å². The summed E-state index contributed by atoms with van der Waals surface area (Å²) >= 11 is 5.43. The van der Waals surface area contributed by atoms with Crippen LogP contribution in [-0.4, -0.2) is 48.6 Å². The van der Waals surface area contributed by atoms with E-state index in [0.29, 0.717) is 11.5 Å². The molecule has 0 aliphatic carbocycles. The van der Waals surface area contributed by atoms with E-state index in [-0.39, 0.29) is 5.91 Å². The van der Waals surface area contributed by atoms with E-state index in [4.69, 9.17) is 12.2 Å². The van der Waals surface area contributed by atoms with Gasteiger partial charge in [0.1, 0.15) is 0 Å². The van der Waals surface area contributed by atoms with Gasteiger partial charge in [0.15, 0.2) is 5.11 Å². The molecule has 2 atom stereocenters. The highest BCUT2D eigenvalue weighted by molar-refractivity contribution is 7.80. The maximum absolute atomic E-state index is 11.9. The second-order valence-electron chi connectivity index (χ2n) is 8.14. The monoisotopic (exact) mass is 388 g/mol. The van der Waals surface area contributed by atoms with Gasteiger partial charge in [-0.2, -0.15) is 0 Å². The van der Waals surface area contributed by atoms with Gasteiger partial charge in [0.05, 0.1) is 0 Å². The van der Waals surface area contributed by atoms with E-state index in [1.54, 1.807) is 0 Å². The van der Waals surface area contributed by atoms with E-state index in [1.165, 1.54) is 19.5 Å². The summed E-state index contributed by atoms with van der Waals surface area (Å²) in [5.74, 6) is 1.81. The third-order valence-corrected chi connectivity index (χ3v) is 5.62. The molecule has 0 saturated carbocycles. The molecule has 2 N–H and O–H groups in total. The Morgan fingerprint density at radius 1 is 1.26 bits per heavy atom. The molecule has 1 aromatic carbocycles. The van der Waals surface area contributed by atoms with Crippen molar-refractivity contribution in [1.82, 2.24) is 10.2 Å². The Hall–Kier alpha value is -1.66. The first kappa shape index (κ1) is 20.1. The number of carbonyl (C=O) groups is 1. The lowest BCUT2D eigenvalue weighted by Crippen LogP contribution is -2.40. The van der Waals surface area contributed by atoms with Gasteiger partial charge in [0.2, 0.25) is 5.91 Å². The van der Waals surface area contributed by atoms with E-state index >= 15 is 0 Å². The van der Waals surface area contributed by atoms with Crippen molar-refractivity contribution in [2.75, 3.05) is 42.9 Å². The predicted molar refractivity (Wildman–Crippen MR) is 116 cm³/mol. The maximum atomic E-state index is 11.9. The molecule has 2 fully saturated rings. The number of piperidine rings is 1. The van der Waals surface area contributed by atoms with Crippen LogP contribution in [0.25, 0.3) is 0 Å². The Bertz CT molecular complexity index is 655. The zero-order valence-corrected chi connectivity index (χ0v) is 17.4. The highest BCUT2D eigenvalue weighted by Crippen LogP contribution is 2.24. The number of thiocarbonyl (C=S) groups is 1. The van der Waals surface area contributed by atoms with Crippen molar-refractivity contribution >= 4 is 34.6 Å². The third kappa shape index (κ3) is 5.91. The summed E-state index contributed by atoms with van der Waals surface area (Å²) in [6.45, 7) is 9.93. The lowest BCUT2D eigenvalue weighted by Gasteiger charge is -2.35. The van der Waals surface area contributed by atoms with Crippen LogP contribution in [-0.2, 0) is 4.79 Å². The summed E-state index contributed by atoms with van der Waals surface area (Å²) in [7, 11) is 0. The number of carbonyl (C=O) groups excluding carboxylic acids is 1. The first-order valence-corrected chi connectivity index (χ1v) is 10.6. The van der Waals surface area contributed by atoms with Gasteiger partial charge in [-0.25, -0.2) is 0 Å². The SMILES string of the molecule is C[C@@H]1C[C@@H](C)CN(CCCNC(=S)Nc2cccc(N3CCCC3=O)c2)C1. The molecule has 0 aromatic heterocycles. The smallest absolute Gasteiger partial charge is 0.227 e. The summed E-state index contributed by atoms with van der Waals surface area (Å²) in [5.41, 5.74) is 1.86. The summed E-state index contributed by atoms with van der Waals surface area (Å²) in [6.07, 6.45) is 4.02. The van der Waals surface area contributed by atoms with E-state index in [0.717, 1.165) is 55.7 Å². The Balaban J connectivity index is 1.40. The fraction of sp³-hybridized carbons (Fsp3) is 0.619. The number of likely N-dealkylation sites (tertiary alicyclic amines) is 1. The van der Waals surface area contributed by atoms with E-state index < -0.39 is 0 Å². The Morgan fingerprint density at radius 3 is 2.74 bits per heavy atom. The molecule has 0 radical (unpaired) electrons. The Kier molecular flexibility index (Phi) is 7.07. The summed E-state index contributed by atoms with van der Waals surface area (Å²) in [5, 5.41) is 7.19. The molecule has 2 heterocycles. The fourth-order valence-electron chi connectivity index (χ4n) is 4.33. The van der Waals surface area contributed by atoms with Crippen molar-refractivity contribution in [1.29, 1.82) is 0 Å². The first-order valence-electron chi connectivity index (χ1n) is 10.2. The molecule has 6 heteroatoms. The molecule has 27 heavy (non-hydrogen) atoms. The molecular formula is C21H32N4OS. The van der Waals surface area contributed by atoms with Crippen molar-refractivity contribution in [2.45, 2.75) is 39.5 Å². The van der Waals surface area contributed by atoms with Gasteiger partial charge in [-0.3, -0.25) is 4.79 Å². The molecule has 2 saturated heterocycles. The maximum Gasteiger partial charge on any atom is 0.227 e.